The number of aromatic nitrogens is 2. The van der Waals surface area contributed by atoms with Crippen molar-refractivity contribution in [3.63, 3.8) is 0 Å². The molecule has 6 heteroatoms. The molecule has 0 saturated carbocycles. The summed E-state index contributed by atoms with van der Waals surface area (Å²) < 4.78 is 1.56. The van der Waals surface area contributed by atoms with Gasteiger partial charge in [-0.25, -0.2) is 4.98 Å². The predicted octanol–water partition coefficient (Wildman–Crippen LogP) is -0.231. The average molecular weight is 287 g/mol. The van der Waals surface area contributed by atoms with Crippen molar-refractivity contribution in [2.75, 3.05) is 33.2 Å². The standard InChI is InChI=1S/C15H21N5O/c1-18-6-7-19(13(9-16)11-18)10-12-8-15(21)20-5-3-2-4-14(20)17-12/h2-5,8,13H,6-7,9-11,16H2,1H3. The van der Waals surface area contributed by atoms with Crippen LogP contribution in [-0.4, -0.2) is 58.5 Å². The Morgan fingerprint density at radius 2 is 2.24 bits per heavy atom. The zero-order valence-electron chi connectivity index (χ0n) is 12.3. The van der Waals surface area contributed by atoms with Crippen molar-refractivity contribution >= 4 is 5.65 Å². The molecule has 2 aromatic heterocycles. The lowest BCUT2D eigenvalue weighted by Gasteiger charge is -2.39. The number of fused-ring (bicyclic) bond motifs is 1. The molecule has 0 aliphatic carbocycles. The molecular weight excluding hydrogens is 266 g/mol. The Balaban J connectivity index is 1.86. The van der Waals surface area contributed by atoms with Crippen LogP contribution in [0.3, 0.4) is 0 Å². The Morgan fingerprint density at radius 1 is 1.38 bits per heavy atom. The molecule has 1 atom stereocenters. The van der Waals surface area contributed by atoms with E-state index in [0.717, 1.165) is 25.3 Å². The highest BCUT2D eigenvalue weighted by molar-refractivity contribution is 5.37. The second-order valence-corrected chi connectivity index (χ2v) is 5.64. The number of nitrogens with zero attached hydrogens (tertiary/aromatic N) is 4. The first-order valence-electron chi connectivity index (χ1n) is 7.27. The molecule has 1 aliphatic rings. The molecule has 0 aromatic carbocycles. The fraction of sp³-hybridized carbons (Fsp3) is 0.467. The molecule has 2 N–H and O–H groups in total. The third-order valence-electron chi connectivity index (χ3n) is 4.07. The largest absolute Gasteiger partial charge is 0.329 e. The molecule has 21 heavy (non-hydrogen) atoms. The van der Waals surface area contributed by atoms with Gasteiger partial charge in [-0.3, -0.25) is 14.1 Å². The van der Waals surface area contributed by atoms with Crippen molar-refractivity contribution in [1.29, 1.82) is 0 Å². The molecule has 0 amide bonds. The van der Waals surface area contributed by atoms with E-state index < -0.39 is 0 Å². The number of piperazine rings is 1. The van der Waals surface area contributed by atoms with Gasteiger partial charge < -0.3 is 10.6 Å². The Hall–Kier alpha value is -1.76. The molecule has 112 valence electrons. The summed E-state index contributed by atoms with van der Waals surface area (Å²) in [5.41, 5.74) is 7.35. The van der Waals surface area contributed by atoms with Crippen LogP contribution < -0.4 is 11.3 Å². The number of likely N-dealkylation sites (N-methyl/N-ethyl adjacent to an activating group) is 1. The van der Waals surface area contributed by atoms with Gasteiger partial charge in [-0.1, -0.05) is 6.07 Å². The topological polar surface area (TPSA) is 66.9 Å². The van der Waals surface area contributed by atoms with Crippen molar-refractivity contribution in [3.8, 4) is 0 Å². The van der Waals surface area contributed by atoms with Gasteiger partial charge in [-0.05, 0) is 19.2 Å². The predicted molar refractivity (Wildman–Crippen MR) is 82.2 cm³/mol. The van der Waals surface area contributed by atoms with Crippen LogP contribution in [0.25, 0.3) is 5.65 Å². The van der Waals surface area contributed by atoms with E-state index in [1.165, 1.54) is 0 Å². The van der Waals surface area contributed by atoms with Crippen LogP contribution >= 0.6 is 0 Å². The van der Waals surface area contributed by atoms with E-state index in [1.54, 1.807) is 16.7 Å². The van der Waals surface area contributed by atoms with Crippen molar-refractivity contribution in [2.24, 2.45) is 5.73 Å². The maximum Gasteiger partial charge on any atom is 0.258 e. The first kappa shape index (κ1) is 14.2. The van der Waals surface area contributed by atoms with Crippen molar-refractivity contribution in [3.05, 3.63) is 46.5 Å². The van der Waals surface area contributed by atoms with Crippen LogP contribution in [0.4, 0.5) is 0 Å². The van der Waals surface area contributed by atoms with Crippen LogP contribution in [0.5, 0.6) is 0 Å². The summed E-state index contributed by atoms with van der Waals surface area (Å²) in [6.07, 6.45) is 1.74. The maximum absolute atomic E-state index is 12.1. The first-order chi connectivity index (χ1) is 10.2. The molecule has 3 heterocycles. The van der Waals surface area contributed by atoms with E-state index in [2.05, 4.69) is 21.8 Å². The molecule has 1 fully saturated rings. The molecule has 2 aromatic rings. The first-order valence-corrected chi connectivity index (χ1v) is 7.27. The van der Waals surface area contributed by atoms with Crippen LogP contribution in [-0.2, 0) is 6.54 Å². The summed E-state index contributed by atoms with van der Waals surface area (Å²) in [4.78, 5) is 21.3. The van der Waals surface area contributed by atoms with E-state index in [-0.39, 0.29) is 5.56 Å². The van der Waals surface area contributed by atoms with Gasteiger partial charge in [-0.15, -0.1) is 0 Å². The molecule has 6 nitrogen and oxygen atoms in total. The second-order valence-electron chi connectivity index (χ2n) is 5.64. The number of hydrogen-bond donors (Lipinski definition) is 1. The molecular formula is C15H21N5O. The lowest BCUT2D eigenvalue weighted by Crippen LogP contribution is -2.54. The summed E-state index contributed by atoms with van der Waals surface area (Å²) in [6.45, 7) is 4.23. The minimum Gasteiger partial charge on any atom is -0.329 e. The van der Waals surface area contributed by atoms with Gasteiger partial charge in [0.05, 0.1) is 5.69 Å². The molecule has 1 unspecified atom stereocenters. The summed E-state index contributed by atoms with van der Waals surface area (Å²) in [6, 6.07) is 7.53. The Labute approximate surface area is 123 Å². The number of pyridine rings is 1. The molecule has 1 aliphatic heterocycles. The average Bonchev–Trinajstić information content (AvgIpc) is 2.49. The fourth-order valence-corrected chi connectivity index (χ4v) is 2.87. The third-order valence-corrected chi connectivity index (χ3v) is 4.07. The summed E-state index contributed by atoms with van der Waals surface area (Å²) in [5.74, 6) is 0. The Kier molecular flexibility index (Phi) is 4.01. The highest BCUT2D eigenvalue weighted by atomic mass is 16.1. The van der Waals surface area contributed by atoms with Gasteiger partial charge in [0.1, 0.15) is 5.65 Å². The fourth-order valence-electron chi connectivity index (χ4n) is 2.87. The SMILES string of the molecule is CN1CCN(Cc2cc(=O)n3ccccc3n2)C(CN)C1. The van der Waals surface area contributed by atoms with E-state index in [4.69, 9.17) is 5.73 Å². The maximum atomic E-state index is 12.1. The zero-order valence-corrected chi connectivity index (χ0v) is 12.3. The van der Waals surface area contributed by atoms with E-state index >= 15 is 0 Å². The normalized spacial score (nSPS) is 21.0. The van der Waals surface area contributed by atoms with Gasteiger partial charge in [0.15, 0.2) is 0 Å². The Morgan fingerprint density at radius 3 is 3.05 bits per heavy atom. The zero-order chi connectivity index (χ0) is 14.8. The van der Waals surface area contributed by atoms with Gasteiger partial charge in [0.2, 0.25) is 0 Å². The summed E-state index contributed by atoms with van der Waals surface area (Å²) >= 11 is 0. The van der Waals surface area contributed by atoms with Crippen LogP contribution in [0.15, 0.2) is 35.3 Å². The number of rotatable bonds is 3. The summed E-state index contributed by atoms with van der Waals surface area (Å²) in [5, 5.41) is 0. The quantitative estimate of drug-likeness (QED) is 0.844. The van der Waals surface area contributed by atoms with Gasteiger partial charge in [0, 0.05) is 51.0 Å². The number of nitrogens with two attached hydrogens (primary N) is 1. The molecule has 0 radical (unpaired) electrons. The molecule has 1 saturated heterocycles. The summed E-state index contributed by atoms with van der Waals surface area (Å²) in [7, 11) is 2.11. The highest BCUT2D eigenvalue weighted by Crippen LogP contribution is 2.11. The monoisotopic (exact) mass is 287 g/mol. The minimum absolute atomic E-state index is 0.0333. The van der Waals surface area contributed by atoms with Crippen LogP contribution in [0, 0.1) is 0 Å². The van der Waals surface area contributed by atoms with Crippen molar-refractivity contribution in [1.82, 2.24) is 19.2 Å². The van der Waals surface area contributed by atoms with Crippen LogP contribution in [0.1, 0.15) is 5.69 Å². The van der Waals surface area contributed by atoms with Gasteiger partial charge >= 0.3 is 0 Å². The van der Waals surface area contributed by atoms with E-state index in [9.17, 15) is 4.79 Å². The highest BCUT2D eigenvalue weighted by Gasteiger charge is 2.24. The lowest BCUT2D eigenvalue weighted by atomic mass is 10.1. The van der Waals surface area contributed by atoms with Crippen molar-refractivity contribution < 1.29 is 0 Å². The minimum atomic E-state index is -0.0333. The lowest BCUT2D eigenvalue weighted by molar-refractivity contribution is 0.0870. The second kappa shape index (κ2) is 5.93. The van der Waals surface area contributed by atoms with Crippen LogP contribution in [0.2, 0.25) is 0 Å². The molecule has 0 spiro atoms. The van der Waals surface area contributed by atoms with E-state index in [0.29, 0.717) is 24.8 Å². The smallest absolute Gasteiger partial charge is 0.258 e. The molecule has 3 rings (SSSR count). The molecule has 0 bridgehead atoms. The Bertz CT molecular complexity index is 683. The van der Waals surface area contributed by atoms with Crippen molar-refractivity contribution in [2.45, 2.75) is 12.6 Å². The number of hydrogen-bond acceptors (Lipinski definition) is 5. The van der Waals surface area contributed by atoms with Gasteiger partial charge in [0.25, 0.3) is 5.56 Å². The van der Waals surface area contributed by atoms with Gasteiger partial charge in [-0.2, -0.15) is 0 Å². The third kappa shape index (κ3) is 2.97. The van der Waals surface area contributed by atoms with E-state index in [1.807, 2.05) is 18.2 Å².